The van der Waals surface area contributed by atoms with Gasteiger partial charge < -0.3 is 9.84 Å². The summed E-state index contributed by atoms with van der Waals surface area (Å²) in [6, 6.07) is 0. The number of hydrogen-bond donors (Lipinski definition) is 1. The van der Waals surface area contributed by atoms with E-state index in [0.717, 1.165) is 35.8 Å². The number of nitrogens with zero attached hydrogens (tertiary/aromatic N) is 2. The summed E-state index contributed by atoms with van der Waals surface area (Å²) in [7, 11) is 0. The van der Waals surface area contributed by atoms with E-state index in [-0.39, 0.29) is 5.60 Å². The average molecular weight is 315 g/mol. The summed E-state index contributed by atoms with van der Waals surface area (Å²) in [4.78, 5) is 0. The molecule has 0 aliphatic carbocycles. The van der Waals surface area contributed by atoms with Gasteiger partial charge in [0.1, 0.15) is 0 Å². The molecule has 2 unspecified atom stereocenters. The standard InChI is InChI=1S/C16H27ClN2O2/c1-5-12-14(17)13(19(7-3)18-12)10-16(20)8-9-21-15(4,6-2)11-16/h20H,5-11H2,1-4H3. The molecule has 2 atom stereocenters. The number of rotatable bonds is 5. The summed E-state index contributed by atoms with van der Waals surface area (Å²) < 4.78 is 7.77. The zero-order chi connectivity index (χ0) is 15.7. The third-order valence-electron chi connectivity index (χ3n) is 4.66. The van der Waals surface area contributed by atoms with Crippen molar-refractivity contribution in [2.45, 2.75) is 77.5 Å². The lowest BCUT2D eigenvalue weighted by Crippen LogP contribution is -2.48. The molecule has 0 spiro atoms. The molecule has 120 valence electrons. The van der Waals surface area contributed by atoms with Crippen molar-refractivity contribution < 1.29 is 9.84 Å². The molecule has 1 fully saturated rings. The van der Waals surface area contributed by atoms with Crippen LogP contribution >= 0.6 is 11.6 Å². The van der Waals surface area contributed by atoms with Gasteiger partial charge >= 0.3 is 0 Å². The summed E-state index contributed by atoms with van der Waals surface area (Å²) in [5.74, 6) is 0. The van der Waals surface area contributed by atoms with Gasteiger partial charge in [0, 0.05) is 19.4 Å². The molecular formula is C16H27ClN2O2. The highest BCUT2D eigenvalue weighted by molar-refractivity contribution is 6.31. The highest BCUT2D eigenvalue weighted by Crippen LogP contribution is 2.38. The molecule has 0 aromatic carbocycles. The Labute approximate surface area is 132 Å². The Bertz CT molecular complexity index is 503. The summed E-state index contributed by atoms with van der Waals surface area (Å²) in [5.41, 5.74) is 0.871. The monoisotopic (exact) mass is 314 g/mol. The van der Waals surface area contributed by atoms with Crippen molar-refractivity contribution in [2.75, 3.05) is 6.61 Å². The lowest BCUT2D eigenvalue weighted by Gasteiger charge is -2.43. The van der Waals surface area contributed by atoms with Gasteiger partial charge in [-0.3, -0.25) is 4.68 Å². The molecule has 1 saturated heterocycles. The van der Waals surface area contributed by atoms with Crippen LogP contribution in [0.3, 0.4) is 0 Å². The van der Waals surface area contributed by atoms with Gasteiger partial charge in [-0.2, -0.15) is 5.10 Å². The van der Waals surface area contributed by atoms with Crippen molar-refractivity contribution in [3.63, 3.8) is 0 Å². The summed E-state index contributed by atoms with van der Waals surface area (Å²) in [6.45, 7) is 9.65. The Morgan fingerprint density at radius 3 is 2.67 bits per heavy atom. The first kappa shape index (κ1) is 16.8. The molecular weight excluding hydrogens is 288 g/mol. The molecule has 4 nitrogen and oxygen atoms in total. The van der Waals surface area contributed by atoms with E-state index in [1.165, 1.54) is 0 Å². The molecule has 0 saturated carbocycles. The second kappa shape index (κ2) is 6.27. The topological polar surface area (TPSA) is 47.3 Å². The number of hydrogen-bond acceptors (Lipinski definition) is 3. The predicted molar refractivity (Wildman–Crippen MR) is 84.8 cm³/mol. The van der Waals surface area contributed by atoms with Gasteiger partial charge in [0.2, 0.25) is 0 Å². The number of halogens is 1. The molecule has 21 heavy (non-hydrogen) atoms. The van der Waals surface area contributed by atoms with Gasteiger partial charge in [0.25, 0.3) is 0 Å². The average Bonchev–Trinajstić information content (AvgIpc) is 2.74. The first-order valence-electron chi connectivity index (χ1n) is 7.97. The maximum Gasteiger partial charge on any atom is 0.0850 e. The van der Waals surface area contributed by atoms with Crippen LogP contribution in [0.4, 0.5) is 0 Å². The molecule has 1 aliphatic rings. The zero-order valence-electron chi connectivity index (χ0n) is 13.6. The normalized spacial score (nSPS) is 29.8. The highest BCUT2D eigenvalue weighted by atomic mass is 35.5. The van der Waals surface area contributed by atoms with E-state index in [1.807, 2.05) is 4.68 Å². The van der Waals surface area contributed by atoms with Crippen LogP contribution in [0.2, 0.25) is 5.02 Å². The molecule has 0 bridgehead atoms. The maximum absolute atomic E-state index is 11.0. The molecule has 1 aliphatic heterocycles. The largest absolute Gasteiger partial charge is 0.389 e. The van der Waals surface area contributed by atoms with Crippen LogP contribution in [0.25, 0.3) is 0 Å². The van der Waals surface area contributed by atoms with E-state index in [0.29, 0.717) is 25.9 Å². The first-order chi connectivity index (χ1) is 9.86. The molecule has 0 radical (unpaired) electrons. The molecule has 2 heterocycles. The van der Waals surface area contributed by atoms with Crippen molar-refractivity contribution >= 4 is 11.6 Å². The van der Waals surface area contributed by atoms with Crippen LogP contribution < -0.4 is 0 Å². The fourth-order valence-corrected chi connectivity index (χ4v) is 3.53. The van der Waals surface area contributed by atoms with E-state index in [9.17, 15) is 5.11 Å². The number of ether oxygens (including phenoxy) is 1. The van der Waals surface area contributed by atoms with E-state index in [2.05, 4.69) is 32.8 Å². The van der Waals surface area contributed by atoms with E-state index < -0.39 is 5.60 Å². The molecule has 5 heteroatoms. The molecule has 2 rings (SSSR count). The fourth-order valence-electron chi connectivity index (χ4n) is 3.20. The lowest BCUT2D eigenvalue weighted by atomic mass is 9.79. The maximum atomic E-state index is 11.0. The third kappa shape index (κ3) is 3.43. The Morgan fingerprint density at radius 1 is 1.38 bits per heavy atom. The summed E-state index contributed by atoms with van der Waals surface area (Å²) >= 11 is 6.47. The summed E-state index contributed by atoms with van der Waals surface area (Å²) in [5, 5.41) is 16.3. The SMILES string of the molecule is CCc1nn(CC)c(CC2(O)CCOC(C)(CC)C2)c1Cl. The van der Waals surface area contributed by atoms with Crippen molar-refractivity contribution in [3.05, 3.63) is 16.4 Å². The van der Waals surface area contributed by atoms with E-state index in [1.54, 1.807) is 0 Å². The Morgan fingerprint density at radius 2 is 2.10 bits per heavy atom. The van der Waals surface area contributed by atoms with Gasteiger partial charge in [-0.15, -0.1) is 0 Å². The van der Waals surface area contributed by atoms with Crippen LogP contribution in [-0.2, 0) is 24.1 Å². The lowest BCUT2D eigenvalue weighted by molar-refractivity contribution is -0.153. The first-order valence-corrected chi connectivity index (χ1v) is 8.34. The Kier molecular flexibility index (Phi) is 5.01. The van der Waals surface area contributed by atoms with Gasteiger partial charge in [0.05, 0.1) is 34.2 Å². The second-order valence-electron chi connectivity index (χ2n) is 6.36. The fraction of sp³-hybridized carbons (Fsp3) is 0.812. The highest BCUT2D eigenvalue weighted by Gasteiger charge is 2.42. The van der Waals surface area contributed by atoms with E-state index >= 15 is 0 Å². The van der Waals surface area contributed by atoms with Gasteiger partial charge in [-0.05, 0) is 33.1 Å². The van der Waals surface area contributed by atoms with Crippen molar-refractivity contribution in [1.82, 2.24) is 9.78 Å². The zero-order valence-corrected chi connectivity index (χ0v) is 14.3. The number of aryl methyl sites for hydroxylation is 2. The smallest absolute Gasteiger partial charge is 0.0850 e. The molecule has 1 aromatic rings. The third-order valence-corrected chi connectivity index (χ3v) is 5.10. The minimum Gasteiger partial charge on any atom is -0.389 e. The van der Waals surface area contributed by atoms with Crippen LogP contribution in [0.1, 0.15) is 58.3 Å². The molecule has 0 amide bonds. The van der Waals surface area contributed by atoms with Gasteiger partial charge in [0.15, 0.2) is 0 Å². The minimum absolute atomic E-state index is 0.246. The minimum atomic E-state index is -0.759. The summed E-state index contributed by atoms with van der Waals surface area (Å²) in [6.07, 6.45) is 3.55. The van der Waals surface area contributed by atoms with Crippen molar-refractivity contribution in [2.24, 2.45) is 0 Å². The van der Waals surface area contributed by atoms with Crippen LogP contribution in [0, 0.1) is 0 Å². The Balaban J connectivity index is 2.26. The van der Waals surface area contributed by atoms with Crippen molar-refractivity contribution in [1.29, 1.82) is 0 Å². The molecule has 1 N–H and O–H groups in total. The van der Waals surface area contributed by atoms with Crippen LogP contribution in [-0.4, -0.2) is 32.7 Å². The predicted octanol–water partition coefficient (Wildman–Crippen LogP) is 3.37. The quantitative estimate of drug-likeness (QED) is 0.906. The van der Waals surface area contributed by atoms with Gasteiger partial charge in [-0.25, -0.2) is 0 Å². The number of aromatic nitrogens is 2. The van der Waals surface area contributed by atoms with Gasteiger partial charge in [-0.1, -0.05) is 25.4 Å². The van der Waals surface area contributed by atoms with Crippen LogP contribution in [0.5, 0.6) is 0 Å². The van der Waals surface area contributed by atoms with Crippen molar-refractivity contribution in [3.8, 4) is 0 Å². The molecule has 1 aromatic heterocycles. The second-order valence-corrected chi connectivity index (χ2v) is 6.73. The number of aliphatic hydroxyl groups is 1. The Hall–Kier alpha value is -0.580. The van der Waals surface area contributed by atoms with E-state index in [4.69, 9.17) is 16.3 Å². The van der Waals surface area contributed by atoms with Crippen LogP contribution in [0.15, 0.2) is 0 Å².